The number of hydrogen-bond acceptors (Lipinski definition) is 4. The predicted octanol–water partition coefficient (Wildman–Crippen LogP) is 7.31. The molecule has 4 aromatic rings. The first-order chi connectivity index (χ1) is 16.6. The van der Waals surface area contributed by atoms with Gasteiger partial charge in [-0.2, -0.15) is 0 Å². The van der Waals surface area contributed by atoms with Crippen LogP contribution in [-0.4, -0.2) is 16.0 Å². The first-order valence-electron chi connectivity index (χ1n) is 10.8. The molecular weight excluding hydrogens is 466 g/mol. The fraction of sp³-hybridized carbons (Fsp3) is 0.0714. The quantitative estimate of drug-likeness (QED) is 0.269. The van der Waals surface area contributed by atoms with E-state index in [2.05, 4.69) is 0 Å². The number of carbonyl (C=O) groups excluding carboxylic acids is 2. The van der Waals surface area contributed by atoms with Gasteiger partial charge in [0.1, 0.15) is 12.4 Å². The lowest BCUT2D eigenvalue weighted by molar-refractivity contribution is -0.123. The van der Waals surface area contributed by atoms with Gasteiger partial charge in [-0.25, -0.2) is 0 Å². The molecule has 4 nitrogen and oxygen atoms in total. The number of halogens is 1. The van der Waals surface area contributed by atoms with Gasteiger partial charge in [-0.1, -0.05) is 90.5 Å². The Morgan fingerprint density at radius 2 is 1.53 bits per heavy atom. The van der Waals surface area contributed by atoms with Crippen LogP contribution in [-0.2, 0) is 17.9 Å². The summed E-state index contributed by atoms with van der Waals surface area (Å²) in [5.74, 6) is 0.312. The van der Waals surface area contributed by atoms with Crippen molar-refractivity contribution in [3.8, 4) is 5.75 Å². The second kappa shape index (κ2) is 9.75. The van der Waals surface area contributed by atoms with Crippen molar-refractivity contribution in [1.29, 1.82) is 0 Å². The fourth-order valence-electron chi connectivity index (χ4n) is 3.88. The maximum Gasteiger partial charge on any atom is 0.293 e. The van der Waals surface area contributed by atoms with Gasteiger partial charge >= 0.3 is 0 Å². The molecule has 0 atom stereocenters. The summed E-state index contributed by atoms with van der Waals surface area (Å²) in [7, 11) is 0. The summed E-state index contributed by atoms with van der Waals surface area (Å²) in [5, 5.41) is 2.46. The standard InChI is InChI=1S/C28H20ClNO3S/c29-24-14-5-2-10-22(24)18-33-25-15-6-3-9-20(25)16-26-27(31)30(28(32)34-26)17-21-12-7-11-19-8-1-4-13-23(19)21/h1-16H,17-18H2/b26-16-. The minimum absolute atomic E-state index is 0.230. The molecule has 4 aromatic carbocycles. The number of para-hydroxylation sites is 1. The van der Waals surface area contributed by atoms with E-state index in [1.807, 2.05) is 91.0 Å². The van der Waals surface area contributed by atoms with Gasteiger partial charge in [0, 0.05) is 16.1 Å². The molecule has 6 heteroatoms. The van der Waals surface area contributed by atoms with Crippen LogP contribution in [0.25, 0.3) is 16.8 Å². The Hall–Kier alpha value is -3.54. The third kappa shape index (κ3) is 4.58. The SMILES string of the molecule is O=C1S/C(=C\c2ccccc2OCc2ccccc2Cl)C(=O)N1Cc1cccc2ccccc12. The first kappa shape index (κ1) is 22.3. The van der Waals surface area contributed by atoms with E-state index < -0.39 is 0 Å². The van der Waals surface area contributed by atoms with Gasteiger partial charge in [0.2, 0.25) is 0 Å². The molecule has 1 fully saturated rings. The van der Waals surface area contributed by atoms with Gasteiger partial charge < -0.3 is 4.74 Å². The van der Waals surface area contributed by atoms with Crippen LogP contribution in [0.3, 0.4) is 0 Å². The Kier molecular flexibility index (Phi) is 6.39. The lowest BCUT2D eigenvalue weighted by atomic mass is 10.0. The van der Waals surface area contributed by atoms with Crippen LogP contribution in [0.15, 0.2) is 95.9 Å². The van der Waals surface area contributed by atoms with Gasteiger partial charge in [0.15, 0.2) is 0 Å². The predicted molar refractivity (Wildman–Crippen MR) is 138 cm³/mol. The van der Waals surface area contributed by atoms with Crippen molar-refractivity contribution in [2.45, 2.75) is 13.2 Å². The molecule has 0 bridgehead atoms. The van der Waals surface area contributed by atoms with Crippen LogP contribution >= 0.6 is 23.4 Å². The number of imide groups is 1. The van der Waals surface area contributed by atoms with Gasteiger partial charge in [0.25, 0.3) is 11.1 Å². The zero-order valence-corrected chi connectivity index (χ0v) is 19.7. The molecule has 1 aliphatic heterocycles. The normalized spacial score (nSPS) is 14.9. The van der Waals surface area contributed by atoms with Crippen LogP contribution in [0.5, 0.6) is 5.75 Å². The zero-order valence-electron chi connectivity index (χ0n) is 18.1. The van der Waals surface area contributed by atoms with Crippen molar-refractivity contribution in [1.82, 2.24) is 4.90 Å². The molecule has 0 radical (unpaired) electrons. The summed E-state index contributed by atoms with van der Waals surface area (Å²) in [6.07, 6.45) is 1.72. The molecule has 1 saturated heterocycles. The summed E-state index contributed by atoms with van der Waals surface area (Å²) in [4.78, 5) is 27.6. The molecule has 0 aliphatic carbocycles. The van der Waals surface area contributed by atoms with Gasteiger partial charge in [-0.05, 0) is 46.3 Å². The van der Waals surface area contributed by atoms with E-state index in [-0.39, 0.29) is 17.7 Å². The van der Waals surface area contributed by atoms with Crippen molar-refractivity contribution in [3.63, 3.8) is 0 Å². The number of benzene rings is 4. The third-order valence-corrected chi connectivity index (χ3v) is 6.90. The van der Waals surface area contributed by atoms with Gasteiger partial charge in [-0.3, -0.25) is 14.5 Å². The number of nitrogens with zero attached hydrogens (tertiary/aromatic N) is 1. The highest BCUT2D eigenvalue weighted by Crippen LogP contribution is 2.36. The molecule has 0 saturated carbocycles. The Morgan fingerprint density at radius 3 is 2.41 bits per heavy atom. The minimum Gasteiger partial charge on any atom is -0.488 e. The number of hydrogen-bond donors (Lipinski definition) is 0. The molecule has 1 heterocycles. The van der Waals surface area contributed by atoms with Crippen molar-refractivity contribution < 1.29 is 14.3 Å². The largest absolute Gasteiger partial charge is 0.488 e. The van der Waals surface area contributed by atoms with Crippen molar-refractivity contribution in [3.05, 3.63) is 118 Å². The smallest absolute Gasteiger partial charge is 0.293 e. The highest BCUT2D eigenvalue weighted by Gasteiger charge is 2.35. The summed E-state index contributed by atoms with van der Waals surface area (Å²) in [6, 6.07) is 28.8. The van der Waals surface area contributed by atoms with Crippen LogP contribution in [0.2, 0.25) is 5.02 Å². The lowest BCUT2D eigenvalue weighted by Gasteiger charge is -2.14. The van der Waals surface area contributed by atoms with E-state index in [0.29, 0.717) is 22.3 Å². The van der Waals surface area contributed by atoms with Crippen LogP contribution in [0.1, 0.15) is 16.7 Å². The van der Waals surface area contributed by atoms with E-state index in [1.54, 1.807) is 6.08 Å². The molecule has 5 rings (SSSR count). The molecule has 0 aromatic heterocycles. The molecule has 0 spiro atoms. The number of carbonyl (C=O) groups is 2. The monoisotopic (exact) mass is 485 g/mol. The molecule has 0 N–H and O–H groups in total. The highest BCUT2D eigenvalue weighted by atomic mass is 35.5. The number of rotatable bonds is 6. The van der Waals surface area contributed by atoms with E-state index in [0.717, 1.165) is 39.2 Å². The van der Waals surface area contributed by atoms with E-state index in [1.165, 1.54) is 4.90 Å². The average Bonchev–Trinajstić information content (AvgIpc) is 3.12. The van der Waals surface area contributed by atoms with Gasteiger partial charge in [-0.15, -0.1) is 0 Å². The molecule has 0 unspecified atom stereocenters. The maximum atomic E-state index is 13.2. The molecular formula is C28H20ClNO3S. The van der Waals surface area contributed by atoms with Crippen LogP contribution < -0.4 is 4.74 Å². The number of amides is 2. The highest BCUT2D eigenvalue weighted by molar-refractivity contribution is 8.18. The maximum absolute atomic E-state index is 13.2. The Labute approximate surface area is 206 Å². The average molecular weight is 486 g/mol. The van der Waals surface area contributed by atoms with Crippen LogP contribution in [0.4, 0.5) is 4.79 Å². The summed E-state index contributed by atoms with van der Waals surface area (Å²) in [6.45, 7) is 0.529. The van der Waals surface area contributed by atoms with Crippen molar-refractivity contribution in [2.75, 3.05) is 0 Å². The van der Waals surface area contributed by atoms with E-state index in [4.69, 9.17) is 16.3 Å². The zero-order chi connectivity index (χ0) is 23.5. The lowest BCUT2D eigenvalue weighted by Crippen LogP contribution is -2.27. The summed E-state index contributed by atoms with van der Waals surface area (Å²) < 4.78 is 6.00. The summed E-state index contributed by atoms with van der Waals surface area (Å²) >= 11 is 7.19. The van der Waals surface area contributed by atoms with Crippen LogP contribution in [0, 0.1) is 0 Å². The first-order valence-corrected chi connectivity index (χ1v) is 12.0. The van der Waals surface area contributed by atoms with Crippen molar-refractivity contribution in [2.24, 2.45) is 0 Å². The number of fused-ring (bicyclic) bond motifs is 1. The molecule has 168 valence electrons. The van der Waals surface area contributed by atoms with Crippen molar-refractivity contribution >= 4 is 51.4 Å². The fourth-order valence-corrected chi connectivity index (χ4v) is 4.90. The number of ether oxygens (including phenoxy) is 1. The minimum atomic E-state index is -0.302. The second-order valence-corrected chi connectivity index (χ2v) is 9.22. The van der Waals surface area contributed by atoms with E-state index >= 15 is 0 Å². The Morgan fingerprint density at radius 1 is 0.824 bits per heavy atom. The molecule has 34 heavy (non-hydrogen) atoms. The second-order valence-electron chi connectivity index (χ2n) is 7.82. The van der Waals surface area contributed by atoms with Gasteiger partial charge in [0.05, 0.1) is 11.4 Å². The summed E-state index contributed by atoms with van der Waals surface area (Å²) in [5.41, 5.74) is 2.53. The Balaban J connectivity index is 1.37. The Bertz CT molecular complexity index is 1430. The number of thioether (sulfide) groups is 1. The topological polar surface area (TPSA) is 46.6 Å². The molecule has 2 amide bonds. The molecule has 1 aliphatic rings. The third-order valence-electron chi connectivity index (χ3n) is 5.63. The van der Waals surface area contributed by atoms with E-state index in [9.17, 15) is 9.59 Å².